The van der Waals surface area contributed by atoms with E-state index in [1.165, 1.54) is 39.2 Å². The van der Waals surface area contributed by atoms with Crippen LogP contribution in [0.15, 0.2) is 84.9 Å². The van der Waals surface area contributed by atoms with E-state index in [1.807, 2.05) is 6.07 Å². The first kappa shape index (κ1) is 23.3. The minimum absolute atomic E-state index is 0.207. The van der Waals surface area contributed by atoms with E-state index in [9.17, 15) is 0 Å². The summed E-state index contributed by atoms with van der Waals surface area (Å²) < 4.78 is 3.50. The van der Waals surface area contributed by atoms with E-state index in [2.05, 4.69) is 96.6 Å². The molecule has 1 aromatic heterocycles. The molecular formula is C30H27ClNS2+. The van der Waals surface area contributed by atoms with E-state index < -0.39 is 0 Å². The summed E-state index contributed by atoms with van der Waals surface area (Å²) in [6.45, 7) is 2.16. The van der Waals surface area contributed by atoms with Crippen LogP contribution in [0.2, 0.25) is 5.02 Å². The van der Waals surface area contributed by atoms with Gasteiger partial charge in [-0.15, -0.1) is 11.8 Å². The highest BCUT2D eigenvalue weighted by molar-refractivity contribution is 8.22. The monoisotopic (exact) mass is 500 g/mol. The molecule has 34 heavy (non-hydrogen) atoms. The molecule has 4 heteroatoms. The van der Waals surface area contributed by atoms with Crippen LogP contribution in [-0.4, -0.2) is 10.5 Å². The molecule has 0 aliphatic heterocycles. The van der Waals surface area contributed by atoms with E-state index in [0.717, 1.165) is 34.2 Å². The second-order valence-corrected chi connectivity index (χ2v) is 10.8. The van der Waals surface area contributed by atoms with Crippen LogP contribution in [0.3, 0.4) is 0 Å². The molecule has 1 atom stereocenters. The van der Waals surface area contributed by atoms with Crippen LogP contribution in [0.5, 0.6) is 0 Å². The quantitative estimate of drug-likeness (QED) is 0.204. The lowest BCUT2D eigenvalue weighted by Gasteiger charge is -2.27. The van der Waals surface area contributed by atoms with Crippen molar-refractivity contribution >= 4 is 39.8 Å². The molecule has 0 spiro atoms. The highest BCUT2D eigenvalue weighted by Gasteiger charge is 2.38. The van der Waals surface area contributed by atoms with Crippen LogP contribution in [0.25, 0.3) is 28.1 Å². The topological polar surface area (TPSA) is 3.88 Å². The molecule has 1 aliphatic carbocycles. The van der Waals surface area contributed by atoms with Gasteiger partial charge in [-0.1, -0.05) is 78.4 Å². The van der Waals surface area contributed by atoms with Crippen LogP contribution < -0.4 is 4.57 Å². The van der Waals surface area contributed by atoms with Gasteiger partial charge in [0.15, 0.2) is 0 Å². The summed E-state index contributed by atoms with van der Waals surface area (Å²) in [5.74, 6) is 0.207. The van der Waals surface area contributed by atoms with Gasteiger partial charge in [0.2, 0.25) is 17.1 Å². The Bertz CT molecular complexity index is 1350. The molecule has 0 radical (unpaired) electrons. The smallest absolute Gasteiger partial charge is 0.156 e. The molecule has 170 valence electrons. The number of thioether (sulfide) groups is 1. The molecule has 1 heterocycles. The third-order valence-electron chi connectivity index (χ3n) is 6.70. The number of fused-ring (bicyclic) bond motifs is 1. The van der Waals surface area contributed by atoms with Gasteiger partial charge in [0, 0.05) is 33.8 Å². The Labute approximate surface area is 216 Å². The fraction of sp³-hybridized carbons (Fsp3) is 0.200. The normalized spacial score (nSPS) is 15.1. The fourth-order valence-electron chi connectivity index (χ4n) is 5.09. The number of rotatable bonds is 4. The Morgan fingerprint density at radius 2 is 1.62 bits per heavy atom. The Morgan fingerprint density at radius 3 is 2.29 bits per heavy atom. The average molecular weight is 501 g/mol. The molecule has 0 saturated carbocycles. The Balaban J connectivity index is 1.94. The molecule has 0 amide bonds. The first-order valence-corrected chi connectivity index (χ1v) is 13.7. The van der Waals surface area contributed by atoms with Crippen molar-refractivity contribution in [1.29, 1.82) is 0 Å². The lowest BCUT2D eigenvalue weighted by atomic mass is 9.82. The number of thiocarbonyl (C=S) groups is 1. The van der Waals surface area contributed by atoms with Crippen molar-refractivity contribution in [1.82, 2.24) is 0 Å². The lowest BCUT2D eigenvalue weighted by molar-refractivity contribution is -0.594. The van der Waals surface area contributed by atoms with Gasteiger partial charge >= 0.3 is 0 Å². The second kappa shape index (κ2) is 10.0. The molecule has 1 aliphatic rings. The van der Waals surface area contributed by atoms with Crippen LogP contribution in [-0.2, 0) is 6.42 Å². The van der Waals surface area contributed by atoms with Gasteiger partial charge in [0.1, 0.15) is 0 Å². The fourth-order valence-corrected chi connectivity index (χ4v) is 6.00. The molecular weight excluding hydrogens is 474 g/mol. The summed E-state index contributed by atoms with van der Waals surface area (Å²) in [6, 6.07) is 30.0. The number of pyridine rings is 1. The maximum Gasteiger partial charge on any atom is 0.219 e. The summed E-state index contributed by atoms with van der Waals surface area (Å²) in [5, 5.41) is 0.743. The van der Waals surface area contributed by atoms with Gasteiger partial charge in [0.05, 0.1) is 10.1 Å². The molecule has 5 rings (SSSR count). The van der Waals surface area contributed by atoms with E-state index in [4.69, 9.17) is 23.8 Å². The maximum absolute atomic E-state index is 6.56. The van der Waals surface area contributed by atoms with E-state index in [0.29, 0.717) is 0 Å². The summed E-state index contributed by atoms with van der Waals surface area (Å²) in [6.07, 6.45) is 5.35. The van der Waals surface area contributed by atoms with E-state index in [1.54, 1.807) is 11.8 Å². The van der Waals surface area contributed by atoms with Gasteiger partial charge in [-0.2, -0.15) is 4.57 Å². The SMILES string of the molecule is CSC(=S)C1CCCc2c(-c3ccccc3)cc(-c3ccccc3)[n+](-c3cc(Cl)ccc3C)c21. The number of aromatic nitrogens is 1. The second-order valence-electron chi connectivity index (χ2n) is 8.77. The van der Waals surface area contributed by atoms with Gasteiger partial charge in [-0.3, -0.25) is 0 Å². The van der Waals surface area contributed by atoms with Crippen molar-refractivity contribution in [3.8, 4) is 28.1 Å². The van der Waals surface area contributed by atoms with Crippen molar-refractivity contribution in [2.75, 3.05) is 6.26 Å². The van der Waals surface area contributed by atoms with Crippen LogP contribution in [0, 0.1) is 6.92 Å². The van der Waals surface area contributed by atoms with Gasteiger partial charge < -0.3 is 0 Å². The number of nitrogens with zero attached hydrogens (tertiary/aromatic N) is 1. The molecule has 0 N–H and O–H groups in total. The zero-order chi connectivity index (χ0) is 23.7. The molecule has 0 fully saturated rings. The van der Waals surface area contributed by atoms with E-state index >= 15 is 0 Å². The van der Waals surface area contributed by atoms with Gasteiger partial charge in [0.25, 0.3) is 0 Å². The maximum atomic E-state index is 6.56. The summed E-state index contributed by atoms with van der Waals surface area (Å²) >= 11 is 14.2. The van der Waals surface area contributed by atoms with E-state index in [-0.39, 0.29) is 5.92 Å². The molecule has 3 aromatic carbocycles. The third-order valence-corrected chi connectivity index (χ3v) is 8.41. The van der Waals surface area contributed by atoms with Crippen LogP contribution in [0.1, 0.15) is 35.6 Å². The Hall–Kier alpha value is -2.46. The molecule has 4 aromatic rings. The lowest BCUT2D eigenvalue weighted by Crippen LogP contribution is -2.44. The molecule has 0 bridgehead atoms. The highest BCUT2D eigenvalue weighted by atomic mass is 35.5. The molecule has 1 nitrogen and oxygen atoms in total. The van der Waals surface area contributed by atoms with Crippen molar-refractivity contribution in [3.63, 3.8) is 0 Å². The summed E-state index contributed by atoms with van der Waals surface area (Å²) in [7, 11) is 0. The number of benzene rings is 3. The minimum atomic E-state index is 0.207. The zero-order valence-electron chi connectivity index (χ0n) is 19.4. The standard InChI is InChI=1S/C30H27ClNS2/c1-20-16-17-23(31)18-27(20)32-28(22-12-7-4-8-13-22)19-26(21-10-5-3-6-11-21)24-14-9-15-25(29(24)32)30(33)34-2/h3-8,10-13,16-19,25H,9,14-15H2,1-2H3/q+1. The average Bonchev–Trinajstić information content (AvgIpc) is 2.89. The number of halogens is 1. The number of aryl methyl sites for hydroxylation is 1. The minimum Gasteiger partial charge on any atom is -0.156 e. The first-order valence-electron chi connectivity index (χ1n) is 11.7. The predicted octanol–water partition coefficient (Wildman–Crippen LogP) is 8.37. The zero-order valence-corrected chi connectivity index (χ0v) is 21.8. The Morgan fingerprint density at radius 1 is 0.941 bits per heavy atom. The van der Waals surface area contributed by atoms with Gasteiger partial charge in [-0.25, -0.2) is 0 Å². The van der Waals surface area contributed by atoms with Crippen molar-refractivity contribution < 1.29 is 4.57 Å². The Kier molecular flexibility index (Phi) is 6.87. The first-order chi connectivity index (χ1) is 16.6. The third kappa shape index (κ3) is 4.33. The van der Waals surface area contributed by atoms with Crippen molar-refractivity contribution in [2.24, 2.45) is 0 Å². The van der Waals surface area contributed by atoms with Crippen LogP contribution in [0.4, 0.5) is 0 Å². The largest absolute Gasteiger partial charge is 0.219 e. The molecule has 1 unspecified atom stereocenters. The van der Waals surface area contributed by atoms with Crippen molar-refractivity contribution in [2.45, 2.75) is 32.1 Å². The highest BCUT2D eigenvalue weighted by Crippen LogP contribution is 2.41. The predicted molar refractivity (Wildman–Crippen MR) is 150 cm³/mol. The molecule has 0 saturated heterocycles. The van der Waals surface area contributed by atoms with Crippen LogP contribution >= 0.6 is 35.6 Å². The van der Waals surface area contributed by atoms with Gasteiger partial charge in [-0.05, 0) is 61.8 Å². The van der Waals surface area contributed by atoms with Crippen molar-refractivity contribution in [3.05, 3.63) is 107 Å². The summed E-state index contributed by atoms with van der Waals surface area (Å²) in [4.78, 5) is 0. The number of hydrogen-bond donors (Lipinski definition) is 0. The number of hydrogen-bond acceptors (Lipinski definition) is 2. The summed E-state index contributed by atoms with van der Waals surface area (Å²) in [5.41, 5.74) is 9.94.